The van der Waals surface area contributed by atoms with E-state index in [-0.39, 0.29) is 0 Å². The van der Waals surface area contributed by atoms with Gasteiger partial charge in [0, 0.05) is 20.3 Å². The number of hydrogen-bond acceptors (Lipinski definition) is 28. The van der Waals surface area contributed by atoms with Gasteiger partial charge < -0.3 is 140 Å². The molecule has 31 nitrogen and oxygen atoms in total. The number of amides is 2. The van der Waals surface area contributed by atoms with Gasteiger partial charge in [-0.1, -0.05) is 0 Å². The summed E-state index contributed by atoms with van der Waals surface area (Å²) in [6, 6.07) is -3.23. The molecule has 31 heteroatoms. The molecule has 0 spiro atoms. The Hall–Kier alpha value is -2.59. The van der Waals surface area contributed by atoms with Gasteiger partial charge in [-0.15, -0.1) is 0 Å². The maximum Gasteiger partial charge on any atom is 0.364 e. The molecule has 2 amide bonds. The van der Waals surface area contributed by atoms with Gasteiger partial charge in [-0.05, 0) is 0 Å². The summed E-state index contributed by atoms with van der Waals surface area (Å²) in [7, 11) is 0. The Morgan fingerprint density at radius 1 is 0.603 bits per heavy atom. The van der Waals surface area contributed by atoms with Crippen LogP contribution in [0.4, 0.5) is 0 Å². The van der Waals surface area contributed by atoms with Crippen LogP contribution >= 0.6 is 0 Å². The maximum atomic E-state index is 12.6. The van der Waals surface area contributed by atoms with Gasteiger partial charge in [0.2, 0.25) is 11.8 Å². The van der Waals surface area contributed by atoms with E-state index in [2.05, 4.69) is 10.6 Å². The molecule has 0 aromatic carbocycles. The fourth-order valence-electron chi connectivity index (χ4n) is 8.33. The number of ether oxygens (including phenoxy) is 9. The first kappa shape index (κ1) is 56.3. The Kier molecular flexibility index (Phi) is 19.7. The quantitative estimate of drug-likeness (QED) is 0.0606. The van der Waals surface area contributed by atoms with Crippen LogP contribution in [0.2, 0.25) is 0 Å². The Bertz CT molecular complexity index is 1650. The molecule has 0 bridgehead atoms. The first-order valence-electron chi connectivity index (χ1n) is 21.2. The minimum atomic E-state index is -2.93. The lowest BCUT2D eigenvalue weighted by molar-refractivity contribution is -0.374. The summed E-state index contributed by atoms with van der Waals surface area (Å²) >= 11 is 0. The lowest BCUT2D eigenvalue weighted by atomic mass is 9.88. The summed E-state index contributed by atoms with van der Waals surface area (Å²) in [5.74, 6) is -6.43. The van der Waals surface area contributed by atoms with Gasteiger partial charge in [0.1, 0.15) is 116 Å². The molecule has 26 atom stereocenters. The van der Waals surface area contributed by atoms with E-state index in [0.29, 0.717) is 0 Å². The number of carbonyl (C=O) groups excluding carboxylic acids is 2. The zero-order chi connectivity index (χ0) is 50.7. The van der Waals surface area contributed by atoms with E-state index in [4.69, 9.17) is 42.6 Å². The van der Waals surface area contributed by atoms with Crippen molar-refractivity contribution < 1.29 is 144 Å². The maximum absolute atomic E-state index is 12.6. The van der Waals surface area contributed by atoms with E-state index in [1.54, 1.807) is 0 Å². The third-order valence-corrected chi connectivity index (χ3v) is 12.1. The number of carbonyl (C=O) groups is 3. The van der Waals surface area contributed by atoms with Crippen LogP contribution in [0, 0.1) is 0 Å². The number of rotatable bonds is 18. The first-order valence-corrected chi connectivity index (χ1v) is 21.2. The number of carboxylic acid groups (broad SMARTS) is 1. The number of hydrogen-bond donors (Lipinski definition) is 19. The van der Waals surface area contributed by atoms with Gasteiger partial charge in [-0.2, -0.15) is 0 Å². The van der Waals surface area contributed by atoms with Crippen LogP contribution in [-0.2, 0) is 57.0 Å². The third-order valence-electron chi connectivity index (χ3n) is 12.1. The number of nitrogens with one attached hydrogen (secondary N) is 2. The fourth-order valence-corrected chi connectivity index (χ4v) is 8.33. The highest BCUT2D eigenvalue weighted by Crippen LogP contribution is 2.36. The smallest absolute Gasteiger partial charge is 0.364 e. The molecule has 5 heterocycles. The minimum absolute atomic E-state index is 0.767. The van der Waals surface area contributed by atoms with Gasteiger partial charge in [-0.25, -0.2) is 4.79 Å². The van der Waals surface area contributed by atoms with Gasteiger partial charge >= 0.3 is 5.97 Å². The van der Waals surface area contributed by atoms with Gasteiger partial charge in [0.05, 0.1) is 45.2 Å². The molecular weight excluding hydrogens is 936 g/mol. The summed E-state index contributed by atoms with van der Waals surface area (Å²) in [6.45, 7) is -2.85. The average Bonchev–Trinajstić information content (AvgIpc) is 3.29. The SMILES string of the molecule is CC(=O)N[C@H]1[C@H](O[C@@H]2[C@H](O)[C@@H](O)[C@H](O[C@H]3[C@@H](O)[C@@H](O)[C@H](O)O[C@@H]3CO)O[C@@H]2CO)O[C@H](CO[C@@H]2O[C@H](CO[C@]3(C(=O)O)C[C@H](O)[C@@H](NC(C)=O)[C@H]([C@H](O)[C@H](O)CO)O3)[C@H](O)[C@H](O)[C@H]2O)[C@H](O)[C@@H]1O. The minimum Gasteiger partial charge on any atom is -0.477 e. The van der Waals surface area contributed by atoms with E-state index < -0.39 is 216 Å². The lowest BCUT2D eigenvalue weighted by Gasteiger charge is -2.48. The molecule has 0 aromatic rings. The van der Waals surface area contributed by atoms with Gasteiger partial charge in [-0.3, -0.25) is 9.59 Å². The molecule has 0 saturated carbocycles. The number of aliphatic hydroxyl groups is 16. The number of aliphatic hydroxyl groups excluding tert-OH is 16. The molecule has 0 aliphatic carbocycles. The average molecular weight is 999 g/mol. The predicted octanol–water partition coefficient (Wildman–Crippen LogP) is -12.4. The third kappa shape index (κ3) is 12.2. The molecule has 394 valence electrons. The van der Waals surface area contributed by atoms with Crippen LogP contribution in [-0.4, -0.2) is 297 Å². The monoisotopic (exact) mass is 998 g/mol. The van der Waals surface area contributed by atoms with Crippen molar-refractivity contribution in [2.45, 2.75) is 179 Å². The van der Waals surface area contributed by atoms with Crippen molar-refractivity contribution in [2.75, 3.05) is 33.0 Å². The van der Waals surface area contributed by atoms with Crippen LogP contribution in [0.5, 0.6) is 0 Å². The molecule has 5 saturated heterocycles. The standard InChI is InChI=1S/C37H62N2O29/c1-9(43)38-17-11(45)3-37(36(58)59,68-31(17)19(47)12(46)4-40)61-8-16-21(49)23(51)27(55)34(65-16)60-7-15-20(48)22(50)18(39-10(2)44)33(64-15)66-30-14(6-42)63-35(28(56)25(30)53)67-29-13(5-41)62-32(57)26(54)24(29)52/h11-35,40-42,45-57H,3-8H2,1-2H3,(H,38,43)(H,39,44)(H,58,59)/t11-,12+,13+,14+,15+,16+,17+,18+,19+,20-,21-,22+,23-,24-,25+,26+,27+,28+,29+,30-,31+,32+,33-,34+,35-,37+/m0/s1. The molecule has 19 N–H and O–H groups in total. The topological polar surface area (TPSA) is 502 Å². The van der Waals surface area contributed by atoms with Crippen molar-refractivity contribution in [1.29, 1.82) is 0 Å². The highest BCUT2D eigenvalue weighted by atomic mass is 16.8. The zero-order valence-electron chi connectivity index (χ0n) is 36.2. The van der Waals surface area contributed by atoms with Gasteiger partial charge in [0.25, 0.3) is 5.79 Å². The Labute approximate surface area is 384 Å². The highest BCUT2D eigenvalue weighted by molar-refractivity contribution is 5.76. The van der Waals surface area contributed by atoms with Crippen molar-refractivity contribution in [3.8, 4) is 0 Å². The van der Waals surface area contributed by atoms with Gasteiger partial charge in [0.15, 0.2) is 25.2 Å². The van der Waals surface area contributed by atoms with Crippen LogP contribution in [0.25, 0.3) is 0 Å². The van der Waals surface area contributed by atoms with E-state index in [1.807, 2.05) is 0 Å². The van der Waals surface area contributed by atoms with E-state index in [1.165, 1.54) is 0 Å². The summed E-state index contributed by atoms with van der Waals surface area (Å²) in [5, 5.41) is 183. The summed E-state index contributed by atoms with van der Waals surface area (Å²) < 4.78 is 50.0. The van der Waals surface area contributed by atoms with Crippen LogP contribution in [0.1, 0.15) is 20.3 Å². The molecule has 5 fully saturated rings. The second-order valence-corrected chi connectivity index (χ2v) is 16.9. The van der Waals surface area contributed by atoms with E-state index in [9.17, 15) is 101 Å². The number of aliphatic carboxylic acids is 1. The largest absolute Gasteiger partial charge is 0.477 e. The lowest BCUT2D eigenvalue weighted by Crippen LogP contribution is -2.69. The molecule has 0 unspecified atom stereocenters. The molecular formula is C37H62N2O29. The predicted molar refractivity (Wildman–Crippen MR) is 207 cm³/mol. The van der Waals surface area contributed by atoms with Crippen molar-refractivity contribution in [1.82, 2.24) is 10.6 Å². The molecule has 68 heavy (non-hydrogen) atoms. The van der Waals surface area contributed by atoms with Crippen molar-refractivity contribution in [2.24, 2.45) is 0 Å². The van der Waals surface area contributed by atoms with Crippen LogP contribution in [0.3, 0.4) is 0 Å². The summed E-state index contributed by atoms with van der Waals surface area (Å²) in [4.78, 5) is 36.7. The van der Waals surface area contributed by atoms with Crippen molar-refractivity contribution in [3.63, 3.8) is 0 Å². The van der Waals surface area contributed by atoms with E-state index >= 15 is 0 Å². The molecule has 0 aromatic heterocycles. The van der Waals surface area contributed by atoms with Crippen molar-refractivity contribution in [3.05, 3.63) is 0 Å². The molecule has 5 aliphatic heterocycles. The normalized spacial score (nSPS) is 46.6. The van der Waals surface area contributed by atoms with Crippen molar-refractivity contribution >= 4 is 17.8 Å². The second kappa shape index (κ2) is 23.8. The first-order chi connectivity index (χ1) is 31.9. The fraction of sp³-hybridized carbons (Fsp3) is 0.919. The Morgan fingerprint density at radius 3 is 1.68 bits per heavy atom. The second-order valence-electron chi connectivity index (χ2n) is 16.9. The van der Waals surface area contributed by atoms with Crippen LogP contribution < -0.4 is 10.6 Å². The number of carboxylic acids is 1. The Balaban J connectivity index is 1.29. The molecule has 0 radical (unpaired) electrons. The summed E-state index contributed by atoms with van der Waals surface area (Å²) in [6.07, 6.45) is -45.3. The molecule has 5 rings (SSSR count). The molecule has 5 aliphatic rings. The Morgan fingerprint density at radius 2 is 1.10 bits per heavy atom. The summed E-state index contributed by atoms with van der Waals surface area (Å²) in [5.41, 5.74) is 0. The zero-order valence-corrected chi connectivity index (χ0v) is 36.2. The van der Waals surface area contributed by atoms with Crippen LogP contribution in [0.15, 0.2) is 0 Å². The van der Waals surface area contributed by atoms with E-state index in [0.717, 1.165) is 13.8 Å². The highest BCUT2D eigenvalue weighted by Gasteiger charge is 2.58.